The summed E-state index contributed by atoms with van der Waals surface area (Å²) in [5.74, 6) is 0.275. The van der Waals surface area contributed by atoms with Crippen molar-refractivity contribution < 1.29 is 9.59 Å². The number of hydrogen-bond donors (Lipinski definition) is 1. The monoisotopic (exact) mass is 287 g/mol. The van der Waals surface area contributed by atoms with E-state index in [1.165, 1.54) is 0 Å². The first-order valence-electron chi connectivity index (χ1n) is 7.52. The van der Waals surface area contributed by atoms with E-state index in [9.17, 15) is 9.59 Å². The van der Waals surface area contributed by atoms with Crippen LogP contribution in [0.15, 0.2) is 18.2 Å². The fourth-order valence-electron chi connectivity index (χ4n) is 3.04. The molecule has 1 aromatic heterocycles. The van der Waals surface area contributed by atoms with Crippen LogP contribution in [0, 0.1) is 12.8 Å². The zero-order chi connectivity index (χ0) is 15.0. The lowest BCUT2D eigenvalue weighted by Gasteiger charge is -2.32. The number of pyridine rings is 1. The number of carbonyl (C=O) groups is 2. The quantitative estimate of drug-likeness (QED) is 0.914. The topological polar surface area (TPSA) is 62.3 Å². The molecule has 1 unspecified atom stereocenters. The molecule has 5 nitrogen and oxygen atoms in total. The predicted octanol–water partition coefficient (Wildman–Crippen LogP) is 1.41. The van der Waals surface area contributed by atoms with Gasteiger partial charge in [-0.25, -0.2) is 0 Å². The molecule has 1 atom stereocenters. The van der Waals surface area contributed by atoms with Gasteiger partial charge in [-0.3, -0.25) is 14.6 Å². The van der Waals surface area contributed by atoms with E-state index in [4.69, 9.17) is 0 Å². The lowest BCUT2D eigenvalue weighted by Crippen LogP contribution is -2.56. The van der Waals surface area contributed by atoms with Crippen LogP contribution in [0.5, 0.6) is 0 Å². The average Bonchev–Trinajstić information content (AvgIpc) is 3.26. The van der Waals surface area contributed by atoms with E-state index >= 15 is 0 Å². The van der Waals surface area contributed by atoms with Crippen LogP contribution in [0.1, 0.15) is 37.6 Å². The Morgan fingerprint density at radius 1 is 1.38 bits per heavy atom. The second kappa shape index (κ2) is 5.13. The van der Waals surface area contributed by atoms with Gasteiger partial charge in [0, 0.05) is 18.7 Å². The molecular weight excluding hydrogens is 266 g/mol. The van der Waals surface area contributed by atoms with E-state index in [0.29, 0.717) is 19.5 Å². The van der Waals surface area contributed by atoms with Crippen LogP contribution in [0.4, 0.5) is 0 Å². The third kappa shape index (κ3) is 2.77. The van der Waals surface area contributed by atoms with Gasteiger partial charge in [-0.2, -0.15) is 0 Å². The zero-order valence-corrected chi connectivity index (χ0v) is 12.6. The van der Waals surface area contributed by atoms with Gasteiger partial charge in [0.05, 0.1) is 12.2 Å². The molecule has 0 radical (unpaired) electrons. The maximum atomic E-state index is 12.9. The molecule has 5 heteroatoms. The lowest BCUT2D eigenvalue weighted by atomic mass is 9.94. The van der Waals surface area contributed by atoms with Crippen molar-refractivity contribution in [3.63, 3.8) is 0 Å². The largest absolute Gasteiger partial charge is 0.342 e. The Morgan fingerprint density at radius 2 is 2.14 bits per heavy atom. The zero-order valence-electron chi connectivity index (χ0n) is 12.6. The third-order valence-corrected chi connectivity index (χ3v) is 4.43. The minimum atomic E-state index is -0.739. The van der Waals surface area contributed by atoms with Gasteiger partial charge in [0.25, 0.3) is 0 Å². The van der Waals surface area contributed by atoms with Crippen LogP contribution < -0.4 is 5.32 Å². The Labute approximate surface area is 124 Å². The normalized spacial score (nSPS) is 26.5. The standard InChI is InChI=1S/C16H21N3O2/c1-11-4-3-5-13(17-11)10-19-9-8-14(20)18-16(2,15(19)21)12-6-7-12/h3-5,12H,6-10H2,1-2H3,(H,18,20). The number of rotatable bonds is 3. The molecule has 1 N–H and O–H groups in total. The van der Waals surface area contributed by atoms with Crippen molar-refractivity contribution in [2.75, 3.05) is 6.54 Å². The number of aromatic nitrogens is 1. The Kier molecular flexibility index (Phi) is 3.43. The van der Waals surface area contributed by atoms with Gasteiger partial charge < -0.3 is 10.2 Å². The highest BCUT2D eigenvalue weighted by Gasteiger charge is 2.51. The first-order valence-corrected chi connectivity index (χ1v) is 7.52. The summed E-state index contributed by atoms with van der Waals surface area (Å²) in [6.45, 7) is 4.74. The third-order valence-electron chi connectivity index (χ3n) is 4.43. The number of nitrogens with one attached hydrogen (secondary N) is 1. The fourth-order valence-corrected chi connectivity index (χ4v) is 3.04. The van der Waals surface area contributed by atoms with Crippen LogP contribution >= 0.6 is 0 Å². The van der Waals surface area contributed by atoms with Crippen molar-refractivity contribution >= 4 is 11.8 Å². The summed E-state index contributed by atoms with van der Waals surface area (Å²) in [6.07, 6.45) is 2.39. The summed E-state index contributed by atoms with van der Waals surface area (Å²) >= 11 is 0. The molecule has 2 fully saturated rings. The molecule has 0 aromatic carbocycles. The van der Waals surface area contributed by atoms with Crippen LogP contribution in [-0.4, -0.2) is 33.8 Å². The second-order valence-corrected chi connectivity index (χ2v) is 6.27. The molecule has 1 aliphatic carbocycles. The molecule has 3 rings (SSSR count). The van der Waals surface area contributed by atoms with E-state index in [2.05, 4.69) is 10.3 Å². The molecule has 2 aliphatic rings. The molecule has 0 bridgehead atoms. The molecule has 2 amide bonds. The van der Waals surface area contributed by atoms with Crippen molar-refractivity contribution in [1.82, 2.24) is 15.2 Å². The Morgan fingerprint density at radius 3 is 2.81 bits per heavy atom. The van der Waals surface area contributed by atoms with Gasteiger partial charge in [-0.05, 0) is 44.7 Å². The lowest BCUT2D eigenvalue weighted by molar-refractivity contribution is -0.139. The molecule has 112 valence electrons. The van der Waals surface area contributed by atoms with Crippen LogP contribution in [0.25, 0.3) is 0 Å². The summed E-state index contributed by atoms with van der Waals surface area (Å²) in [6, 6.07) is 5.81. The van der Waals surface area contributed by atoms with E-state index in [1.807, 2.05) is 32.0 Å². The molecule has 0 spiro atoms. The summed E-state index contributed by atoms with van der Waals surface area (Å²) in [7, 11) is 0. The number of aryl methyl sites for hydroxylation is 1. The highest BCUT2D eigenvalue weighted by molar-refractivity contribution is 5.93. The van der Waals surface area contributed by atoms with Crippen molar-refractivity contribution in [3.8, 4) is 0 Å². The minimum Gasteiger partial charge on any atom is -0.342 e. The maximum Gasteiger partial charge on any atom is 0.248 e. The summed E-state index contributed by atoms with van der Waals surface area (Å²) < 4.78 is 0. The Hall–Kier alpha value is -1.91. The van der Waals surface area contributed by atoms with Crippen molar-refractivity contribution in [2.24, 2.45) is 5.92 Å². The Balaban J connectivity index is 1.83. The van der Waals surface area contributed by atoms with E-state index in [1.54, 1.807) is 4.90 Å². The van der Waals surface area contributed by atoms with Crippen molar-refractivity contribution in [2.45, 2.75) is 45.2 Å². The summed E-state index contributed by atoms with van der Waals surface area (Å²) in [5.41, 5.74) is 1.07. The molecule has 1 saturated carbocycles. The summed E-state index contributed by atoms with van der Waals surface area (Å²) in [5, 5.41) is 2.94. The highest BCUT2D eigenvalue weighted by atomic mass is 16.2. The second-order valence-electron chi connectivity index (χ2n) is 6.27. The van der Waals surface area contributed by atoms with Gasteiger partial charge in [-0.1, -0.05) is 6.07 Å². The predicted molar refractivity (Wildman–Crippen MR) is 78.3 cm³/mol. The first kappa shape index (κ1) is 14.0. The fraction of sp³-hybridized carbons (Fsp3) is 0.562. The smallest absolute Gasteiger partial charge is 0.248 e. The van der Waals surface area contributed by atoms with E-state index in [0.717, 1.165) is 24.2 Å². The molecule has 1 saturated heterocycles. The highest BCUT2D eigenvalue weighted by Crippen LogP contribution is 2.41. The SMILES string of the molecule is Cc1cccc(CN2CCC(=O)NC(C)(C3CC3)C2=O)n1. The van der Waals surface area contributed by atoms with Crippen molar-refractivity contribution in [3.05, 3.63) is 29.6 Å². The van der Waals surface area contributed by atoms with E-state index in [-0.39, 0.29) is 17.7 Å². The summed E-state index contributed by atoms with van der Waals surface area (Å²) in [4.78, 5) is 31.0. The number of amides is 2. The maximum absolute atomic E-state index is 12.9. The van der Waals surface area contributed by atoms with Gasteiger partial charge in [0.1, 0.15) is 5.54 Å². The number of carbonyl (C=O) groups excluding carboxylic acids is 2. The van der Waals surface area contributed by atoms with Gasteiger partial charge in [0.2, 0.25) is 11.8 Å². The molecule has 1 aromatic rings. The van der Waals surface area contributed by atoms with Crippen LogP contribution in [0.2, 0.25) is 0 Å². The average molecular weight is 287 g/mol. The minimum absolute atomic E-state index is 0.0270. The Bertz CT molecular complexity index is 583. The number of hydrogen-bond acceptors (Lipinski definition) is 3. The van der Waals surface area contributed by atoms with Crippen molar-refractivity contribution in [1.29, 1.82) is 0 Å². The molecule has 2 heterocycles. The van der Waals surface area contributed by atoms with Crippen LogP contribution in [-0.2, 0) is 16.1 Å². The van der Waals surface area contributed by atoms with E-state index < -0.39 is 5.54 Å². The number of nitrogens with zero attached hydrogens (tertiary/aromatic N) is 2. The van der Waals surface area contributed by atoms with Crippen LogP contribution in [0.3, 0.4) is 0 Å². The van der Waals surface area contributed by atoms with Gasteiger partial charge in [-0.15, -0.1) is 0 Å². The molecule has 21 heavy (non-hydrogen) atoms. The molecular formula is C16H21N3O2. The first-order chi connectivity index (χ1) is 9.99. The molecule has 1 aliphatic heterocycles. The van der Waals surface area contributed by atoms with Gasteiger partial charge in [0.15, 0.2) is 0 Å². The van der Waals surface area contributed by atoms with Gasteiger partial charge >= 0.3 is 0 Å².